The molecule has 2 aromatic rings. The molecule has 1 aromatic heterocycles. The first kappa shape index (κ1) is 10.4. The van der Waals surface area contributed by atoms with Gasteiger partial charge in [-0.2, -0.15) is 0 Å². The molecular weight excluding hydrogens is 205 g/mol. The molecule has 0 amide bonds. The molecule has 0 saturated carbocycles. The fourth-order valence-electron chi connectivity index (χ4n) is 1.53. The van der Waals surface area contributed by atoms with E-state index < -0.39 is 0 Å². The number of nitrogen functional groups attached to an aromatic ring is 1. The summed E-state index contributed by atoms with van der Waals surface area (Å²) in [5.41, 5.74) is 7.18. The van der Waals surface area contributed by atoms with Crippen LogP contribution in [0.2, 0.25) is 0 Å². The zero-order valence-electron chi connectivity index (χ0n) is 8.73. The first-order valence-electron chi connectivity index (χ1n) is 4.90. The topological polar surface area (TPSA) is 43.8 Å². The average Bonchev–Trinajstić information content (AvgIpc) is 2.61. The van der Waals surface area contributed by atoms with Crippen LogP contribution < -0.4 is 5.73 Å². The quantitative estimate of drug-likeness (QED) is 0.802. The van der Waals surface area contributed by atoms with Gasteiger partial charge in [0.1, 0.15) is 17.3 Å². The van der Waals surface area contributed by atoms with Crippen LogP contribution in [0.5, 0.6) is 0 Å². The highest BCUT2D eigenvalue weighted by molar-refractivity contribution is 5.70. The van der Waals surface area contributed by atoms with E-state index in [1.165, 1.54) is 12.1 Å². The van der Waals surface area contributed by atoms with Crippen LogP contribution >= 0.6 is 0 Å². The van der Waals surface area contributed by atoms with Crippen molar-refractivity contribution in [1.29, 1.82) is 0 Å². The minimum Gasteiger partial charge on any atom is -0.383 e. The van der Waals surface area contributed by atoms with Crippen molar-refractivity contribution in [3.63, 3.8) is 0 Å². The average molecular weight is 217 g/mol. The number of nitrogens with two attached hydrogens (primary N) is 1. The summed E-state index contributed by atoms with van der Waals surface area (Å²) in [5.74, 6) is 0.223. The van der Waals surface area contributed by atoms with Gasteiger partial charge in [0.05, 0.1) is 6.33 Å². The molecule has 0 spiro atoms. The van der Waals surface area contributed by atoms with Crippen LogP contribution in [-0.2, 0) is 6.54 Å². The van der Waals surface area contributed by atoms with Gasteiger partial charge in [-0.25, -0.2) is 9.37 Å². The first-order valence-corrected chi connectivity index (χ1v) is 4.90. The molecule has 82 valence electrons. The SMILES string of the molecule is C=CCn1cnc(-c2cccc(F)c2)c1N. The first-order chi connectivity index (χ1) is 7.72. The van der Waals surface area contributed by atoms with Crippen molar-refractivity contribution in [2.45, 2.75) is 6.54 Å². The number of hydrogen-bond donors (Lipinski definition) is 1. The fourth-order valence-corrected chi connectivity index (χ4v) is 1.53. The van der Waals surface area contributed by atoms with Gasteiger partial charge in [0, 0.05) is 12.1 Å². The molecule has 0 aliphatic carbocycles. The van der Waals surface area contributed by atoms with Gasteiger partial charge >= 0.3 is 0 Å². The van der Waals surface area contributed by atoms with Crippen molar-refractivity contribution in [1.82, 2.24) is 9.55 Å². The van der Waals surface area contributed by atoms with Gasteiger partial charge in [0.25, 0.3) is 0 Å². The van der Waals surface area contributed by atoms with E-state index in [1.807, 2.05) is 0 Å². The van der Waals surface area contributed by atoms with Crippen LogP contribution in [0.3, 0.4) is 0 Å². The molecule has 0 aliphatic rings. The van der Waals surface area contributed by atoms with Crippen molar-refractivity contribution >= 4 is 5.82 Å². The van der Waals surface area contributed by atoms with Crippen LogP contribution in [0, 0.1) is 5.82 Å². The highest BCUT2D eigenvalue weighted by Crippen LogP contribution is 2.24. The zero-order valence-corrected chi connectivity index (χ0v) is 8.73. The molecule has 0 radical (unpaired) electrons. The van der Waals surface area contributed by atoms with Crippen molar-refractivity contribution < 1.29 is 4.39 Å². The van der Waals surface area contributed by atoms with E-state index in [0.29, 0.717) is 23.6 Å². The Morgan fingerprint density at radius 3 is 3.00 bits per heavy atom. The molecule has 0 fully saturated rings. The summed E-state index contributed by atoms with van der Waals surface area (Å²) < 4.78 is 14.8. The number of hydrogen-bond acceptors (Lipinski definition) is 2. The number of rotatable bonds is 3. The van der Waals surface area contributed by atoms with Crippen molar-refractivity contribution in [3.05, 3.63) is 49.1 Å². The monoisotopic (exact) mass is 217 g/mol. The van der Waals surface area contributed by atoms with Gasteiger partial charge in [0.15, 0.2) is 0 Å². The Morgan fingerprint density at radius 2 is 2.31 bits per heavy atom. The maximum atomic E-state index is 13.0. The molecule has 2 rings (SSSR count). The van der Waals surface area contributed by atoms with Crippen molar-refractivity contribution in [3.8, 4) is 11.3 Å². The van der Waals surface area contributed by atoms with Gasteiger partial charge in [-0.15, -0.1) is 6.58 Å². The summed E-state index contributed by atoms with van der Waals surface area (Å²) >= 11 is 0. The standard InChI is InChI=1S/C12H12FN3/c1-2-6-16-8-15-11(12(16)14)9-4-3-5-10(13)7-9/h2-5,7-8H,1,6,14H2. The third-order valence-corrected chi connectivity index (χ3v) is 2.30. The van der Waals surface area contributed by atoms with Gasteiger partial charge in [-0.3, -0.25) is 0 Å². The molecule has 0 aliphatic heterocycles. The highest BCUT2D eigenvalue weighted by Gasteiger charge is 2.09. The van der Waals surface area contributed by atoms with E-state index in [-0.39, 0.29) is 5.82 Å². The van der Waals surface area contributed by atoms with Crippen LogP contribution in [0.1, 0.15) is 0 Å². The molecule has 4 heteroatoms. The maximum absolute atomic E-state index is 13.0. The third kappa shape index (κ3) is 1.82. The van der Waals surface area contributed by atoms with Crippen molar-refractivity contribution in [2.75, 3.05) is 5.73 Å². The van der Waals surface area contributed by atoms with Gasteiger partial charge in [-0.1, -0.05) is 18.2 Å². The summed E-state index contributed by atoms with van der Waals surface area (Å²) in [5, 5.41) is 0. The maximum Gasteiger partial charge on any atom is 0.131 e. The smallest absolute Gasteiger partial charge is 0.131 e. The minimum atomic E-state index is -0.296. The Hall–Kier alpha value is -2.10. The summed E-state index contributed by atoms with van der Waals surface area (Å²) in [7, 11) is 0. The second-order valence-corrected chi connectivity index (χ2v) is 3.43. The summed E-state index contributed by atoms with van der Waals surface area (Å²) in [6.07, 6.45) is 3.35. The van der Waals surface area contributed by atoms with Crippen molar-refractivity contribution in [2.24, 2.45) is 0 Å². The molecule has 0 saturated heterocycles. The second-order valence-electron chi connectivity index (χ2n) is 3.43. The van der Waals surface area contributed by atoms with Crippen LogP contribution in [0.25, 0.3) is 11.3 Å². The number of allylic oxidation sites excluding steroid dienone is 1. The van der Waals surface area contributed by atoms with Gasteiger partial charge in [0.2, 0.25) is 0 Å². The van der Waals surface area contributed by atoms with Gasteiger partial charge < -0.3 is 10.3 Å². The van der Waals surface area contributed by atoms with Crippen LogP contribution in [-0.4, -0.2) is 9.55 Å². The molecule has 1 heterocycles. The zero-order chi connectivity index (χ0) is 11.5. The number of aromatic nitrogens is 2. The van der Waals surface area contributed by atoms with E-state index in [0.717, 1.165) is 0 Å². The van der Waals surface area contributed by atoms with E-state index in [4.69, 9.17) is 5.73 Å². The molecule has 16 heavy (non-hydrogen) atoms. The Morgan fingerprint density at radius 1 is 1.50 bits per heavy atom. The van der Waals surface area contributed by atoms with E-state index in [2.05, 4.69) is 11.6 Å². The predicted molar refractivity (Wildman–Crippen MR) is 62.2 cm³/mol. The fraction of sp³-hybridized carbons (Fsp3) is 0.0833. The summed E-state index contributed by atoms with van der Waals surface area (Å²) in [6.45, 7) is 4.22. The summed E-state index contributed by atoms with van der Waals surface area (Å²) in [6, 6.07) is 6.22. The summed E-state index contributed by atoms with van der Waals surface area (Å²) in [4.78, 5) is 4.17. The number of nitrogens with zero attached hydrogens (tertiary/aromatic N) is 2. The molecule has 3 nitrogen and oxygen atoms in total. The largest absolute Gasteiger partial charge is 0.383 e. The van der Waals surface area contributed by atoms with Crippen LogP contribution in [0.4, 0.5) is 10.2 Å². The van der Waals surface area contributed by atoms with E-state index in [1.54, 1.807) is 29.1 Å². The Bertz CT molecular complexity index is 517. The normalized spacial score (nSPS) is 10.3. The minimum absolute atomic E-state index is 0.296. The molecule has 0 atom stereocenters. The molecular formula is C12H12FN3. The lowest BCUT2D eigenvalue weighted by Crippen LogP contribution is -2.00. The number of imidazole rings is 1. The number of anilines is 1. The lowest BCUT2D eigenvalue weighted by Gasteiger charge is -2.02. The Labute approximate surface area is 93.0 Å². The Balaban J connectivity index is 2.44. The molecule has 2 N–H and O–H groups in total. The van der Waals surface area contributed by atoms with E-state index >= 15 is 0 Å². The number of benzene rings is 1. The Kier molecular flexibility index (Phi) is 2.72. The predicted octanol–water partition coefficient (Wildman–Crippen LogP) is 2.46. The molecule has 0 unspecified atom stereocenters. The lowest BCUT2D eigenvalue weighted by atomic mass is 10.1. The molecule has 0 bridgehead atoms. The second kappa shape index (κ2) is 4.18. The number of halogens is 1. The third-order valence-electron chi connectivity index (χ3n) is 2.30. The highest BCUT2D eigenvalue weighted by atomic mass is 19.1. The van der Waals surface area contributed by atoms with E-state index in [9.17, 15) is 4.39 Å². The van der Waals surface area contributed by atoms with Gasteiger partial charge in [-0.05, 0) is 12.1 Å². The van der Waals surface area contributed by atoms with Crippen LogP contribution in [0.15, 0.2) is 43.2 Å². The molecule has 1 aromatic carbocycles. The lowest BCUT2D eigenvalue weighted by molar-refractivity contribution is 0.628.